The molecular weight excluding hydrogens is 252 g/mol. The van der Waals surface area contributed by atoms with Crippen LogP contribution in [0.2, 0.25) is 0 Å². The predicted octanol–water partition coefficient (Wildman–Crippen LogP) is 2.45. The van der Waals surface area contributed by atoms with Crippen LogP contribution >= 0.6 is 0 Å². The van der Waals surface area contributed by atoms with Gasteiger partial charge >= 0.3 is 0 Å². The van der Waals surface area contributed by atoms with E-state index in [1.54, 1.807) is 0 Å². The second kappa shape index (κ2) is 6.01. The molecule has 0 saturated carbocycles. The summed E-state index contributed by atoms with van der Waals surface area (Å²) in [6.07, 6.45) is 6.42. The lowest BCUT2D eigenvalue weighted by atomic mass is 9.90. The summed E-state index contributed by atoms with van der Waals surface area (Å²) in [5, 5.41) is 3.33. The zero-order valence-electron chi connectivity index (χ0n) is 11.5. The summed E-state index contributed by atoms with van der Waals surface area (Å²) in [7, 11) is 0. The van der Waals surface area contributed by atoms with E-state index in [4.69, 9.17) is 15.2 Å². The van der Waals surface area contributed by atoms with Gasteiger partial charge in [0.2, 0.25) is 0 Å². The Morgan fingerprint density at radius 1 is 1.15 bits per heavy atom. The van der Waals surface area contributed by atoms with E-state index < -0.39 is 0 Å². The summed E-state index contributed by atoms with van der Waals surface area (Å²) in [5.41, 5.74) is 7.69. The van der Waals surface area contributed by atoms with E-state index in [1.165, 1.54) is 5.57 Å². The number of nitrogens with two attached hydrogens (primary N) is 1. The van der Waals surface area contributed by atoms with Crippen LogP contribution in [0.25, 0.3) is 0 Å². The van der Waals surface area contributed by atoms with Gasteiger partial charge in [0.25, 0.3) is 0 Å². The van der Waals surface area contributed by atoms with Gasteiger partial charge in [-0.1, -0.05) is 12.2 Å². The molecule has 1 aromatic carbocycles. The van der Waals surface area contributed by atoms with Gasteiger partial charge in [-0.2, -0.15) is 0 Å². The van der Waals surface area contributed by atoms with Crippen molar-refractivity contribution in [1.82, 2.24) is 5.32 Å². The number of anilines is 1. The average molecular weight is 272 g/mol. The van der Waals surface area contributed by atoms with E-state index in [0.29, 0.717) is 5.92 Å². The highest BCUT2D eigenvalue weighted by atomic mass is 16.5. The van der Waals surface area contributed by atoms with Crippen molar-refractivity contribution in [2.75, 3.05) is 25.5 Å². The second-order valence-electron chi connectivity index (χ2n) is 5.13. The smallest absolute Gasteiger partial charge is 0.197 e. The Bertz CT molecular complexity index is 514. The first kappa shape index (κ1) is 13.1. The summed E-state index contributed by atoms with van der Waals surface area (Å²) in [4.78, 5) is 0. The third-order valence-corrected chi connectivity index (χ3v) is 3.70. The number of nitrogens with one attached hydrogen (secondary N) is 1. The summed E-state index contributed by atoms with van der Waals surface area (Å²) in [6, 6.07) is 7.49. The van der Waals surface area contributed by atoms with Crippen LogP contribution < -0.4 is 15.8 Å². The Labute approximate surface area is 119 Å². The molecular formula is C16H20N2O2. The van der Waals surface area contributed by atoms with Gasteiger partial charge in [-0.05, 0) is 43.0 Å². The monoisotopic (exact) mass is 272 g/mol. The van der Waals surface area contributed by atoms with Gasteiger partial charge in [-0.25, -0.2) is 0 Å². The van der Waals surface area contributed by atoms with Crippen molar-refractivity contribution in [2.24, 2.45) is 5.92 Å². The number of rotatable bonds is 3. The number of hydrogen-bond donors (Lipinski definition) is 2. The Hall–Kier alpha value is -1.94. The van der Waals surface area contributed by atoms with Gasteiger partial charge in [-0.15, -0.1) is 0 Å². The molecule has 0 aromatic heterocycles. The molecule has 3 rings (SSSR count). The standard InChI is InChI=1S/C16H20N2O2/c17-13-3-5-14(6-4-13)20-16-15(2-1-9-18-16)12-7-10-19-11-8-12/h1-6,12,18H,7-11,17H2. The number of ether oxygens (including phenoxy) is 2. The Morgan fingerprint density at radius 3 is 2.65 bits per heavy atom. The molecule has 2 aliphatic rings. The number of hydrogen-bond acceptors (Lipinski definition) is 4. The quantitative estimate of drug-likeness (QED) is 0.830. The van der Waals surface area contributed by atoms with Gasteiger partial charge in [0.15, 0.2) is 5.88 Å². The lowest BCUT2D eigenvalue weighted by molar-refractivity contribution is 0.0753. The number of allylic oxidation sites excluding steroid dienone is 2. The minimum Gasteiger partial charge on any atom is -0.441 e. The number of dihydropyridines is 1. The lowest BCUT2D eigenvalue weighted by Gasteiger charge is -2.27. The van der Waals surface area contributed by atoms with Crippen LogP contribution in [0.4, 0.5) is 5.69 Å². The minimum absolute atomic E-state index is 0.511. The van der Waals surface area contributed by atoms with Crippen LogP contribution in [0.1, 0.15) is 12.8 Å². The second-order valence-corrected chi connectivity index (χ2v) is 5.13. The first-order valence-electron chi connectivity index (χ1n) is 7.08. The van der Waals surface area contributed by atoms with Crippen molar-refractivity contribution in [3.63, 3.8) is 0 Å². The summed E-state index contributed by atoms with van der Waals surface area (Å²) >= 11 is 0. The third kappa shape index (κ3) is 2.96. The van der Waals surface area contributed by atoms with Gasteiger partial charge in [0.1, 0.15) is 5.75 Å². The number of nitrogen functional groups attached to an aromatic ring is 1. The molecule has 0 bridgehead atoms. The first-order chi connectivity index (χ1) is 9.83. The highest BCUT2D eigenvalue weighted by Gasteiger charge is 2.22. The van der Waals surface area contributed by atoms with Crippen molar-refractivity contribution in [2.45, 2.75) is 12.8 Å². The molecule has 0 spiro atoms. The molecule has 0 amide bonds. The SMILES string of the molecule is Nc1ccc(OC2=C(C3CCOCC3)C=CCN2)cc1. The minimum atomic E-state index is 0.511. The van der Waals surface area contributed by atoms with Crippen molar-refractivity contribution in [3.8, 4) is 5.75 Å². The van der Waals surface area contributed by atoms with Crippen LogP contribution in [0.15, 0.2) is 47.9 Å². The average Bonchev–Trinajstić information content (AvgIpc) is 2.51. The van der Waals surface area contributed by atoms with Gasteiger partial charge in [0, 0.05) is 31.0 Å². The van der Waals surface area contributed by atoms with Crippen molar-refractivity contribution >= 4 is 5.69 Å². The molecule has 1 saturated heterocycles. The summed E-state index contributed by atoms with van der Waals surface area (Å²) in [5.74, 6) is 2.18. The van der Waals surface area contributed by atoms with Crippen molar-refractivity contribution in [1.29, 1.82) is 0 Å². The van der Waals surface area contributed by atoms with E-state index in [2.05, 4.69) is 17.5 Å². The molecule has 0 unspecified atom stereocenters. The van der Waals surface area contributed by atoms with Gasteiger partial charge in [0.05, 0.1) is 0 Å². The lowest BCUT2D eigenvalue weighted by Crippen LogP contribution is -2.27. The summed E-state index contributed by atoms with van der Waals surface area (Å²) < 4.78 is 11.4. The highest BCUT2D eigenvalue weighted by molar-refractivity contribution is 5.42. The van der Waals surface area contributed by atoms with Crippen LogP contribution in [-0.2, 0) is 4.74 Å². The molecule has 4 nitrogen and oxygen atoms in total. The maximum atomic E-state index is 6.00. The topological polar surface area (TPSA) is 56.5 Å². The molecule has 0 radical (unpaired) electrons. The van der Waals surface area contributed by atoms with Crippen LogP contribution in [0.3, 0.4) is 0 Å². The van der Waals surface area contributed by atoms with E-state index >= 15 is 0 Å². The Kier molecular flexibility index (Phi) is 3.92. The fraction of sp³-hybridized carbons (Fsp3) is 0.375. The molecule has 2 heterocycles. The molecule has 4 heteroatoms. The summed E-state index contributed by atoms with van der Waals surface area (Å²) in [6.45, 7) is 2.46. The molecule has 1 fully saturated rings. The zero-order chi connectivity index (χ0) is 13.8. The largest absolute Gasteiger partial charge is 0.441 e. The van der Waals surface area contributed by atoms with E-state index in [-0.39, 0.29) is 0 Å². The molecule has 1 aromatic rings. The van der Waals surface area contributed by atoms with Gasteiger partial charge in [-0.3, -0.25) is 0 Å². The normalized spacial score (nSPS) is 19.8. The van der Waals surface area contributed by atoms with Crippen LogP contribution in [0, 0.1) is 5.92 Å². The molecule has 106 valence electrons. The Morgan fingerprint density at radius 2 is 1.90 bits per heavy atom. The van der Waals surface area contributed by atoms with E-state index in [1.807, 2.05) is 24.3 Å². The molecule has 0 atom stereocenters. The maximum absolute atomic E-state index is 6.00. The zero-order valence-corrected chi connectivity index (χ0v) is 11.5. The molecule has 20 heavy (non-hydrogen) atoms. The highest BCUT2D eigenvalue weighted by Crippen LogP contribution is 2.29. The van der Waals surface area contributed by atoms with Crippen LogP contribution in [0.5, 0.6) is 5.75 Å². The third-order valence-electron chi connectivity index (χ3n) is 3.70. The van der Waals surface area contributed by atoms with E-state index in [0.717, 1.165) is 49.9 Å². The van der Waals surface area contributed by atoms with E-state index in [9.17, 15) is 0 Å². The fourth-order valence-electron chi connectivity index (χ4n) is 2.59. The molecule has 2 aliphatic heterocycles. The fourth-order valence-corrected chi connectivity index (χ4v) is 2.59. The first-order valence-corrected chi connectivity index (χ1v) is 7.08. The predicted molar refractivity (Wildman–Crippen MR) is 79.2 cm³/mol. The van der Waals surface area contributed by atoms with Crippen LogP contribution in [-0.4, -0.2) is 19.8 Å². The number of benzene rings is 1. The molecule has 3 N–H and O–H groups in total. The van der Waals surface area contributed by atoms with Gasteiger partial charge < -0.3 is 20.5 Å². The Balaban J connectivity index is 1.81. The maximum Gasteiger partial charge on any atom is 0.197 e. The van der Waals surface area contributed by atoms with Crippen molar-refractivity contribution in [3.05, 3.63) is 47.9 Å². The molecule has 0 aliphatic carbocycles. The van der Waals surface area contributed by atoms with Crippen molar-refractivity contribution < 1.29 is 9.47 Å².